The number of allylic oxidation sites excluding steroid dienone is 4. The molecule has 0 aromatic heterocycles. The van der Waals surface area contributed by atoms with Crippen LogP contribution in [-0.4, -0.2) is 37.2 Å². The van der Waals surface area contributed by atoms with Crippen LogP contribution in [0.15, 0.2) is 24.3 Å². The third-order valence-corrected chi connectivity index (χ3v) is 10.2. The molecule has 0 aliphatic rings. The van der Waals surface area contributed by atoms with E-state index >= 15 is 0 Å². The number of esters is 3. The first-order valence-corrected chi connectivity index (χ1v) is 23.3. The molecule has 0 aromatic rings. The quantitative estimate of drug-likeness (QED) is 0.0267. The van der Waals surface area contributed by atoms with Crippen LogP contribution < -0.4 is 0 Å². The van der Waals surface area contributed by atoms with E-state index in [9.17, 15) is 14.4 Å². The van der Waals surface area contributed by atoms with Gasteiger partial charge in [0.15, 0.2) is 6.10 Å². The molecule has 54 heavy (non-hydrogen) atoms. The lowest BCUT2D eigenvalue weighted by atomic mass is 10.1. The molecule has 0 radical (unpaired) electrons. The number of ether oxygens (including phenoxy) is 3. The van der Waals surface area contributed by atoms with Gasteiger partial charge in [-0.05, 0) is 51.4 Å². The molecule has 0 aliphatic heterocycles. The highest BCUT2D eigenvalue weighted by Gasteiger charge is 2.19. The summed E-state index contributed by atoms with van der Waals surface area (Å²) in [6.07, 6.45) is 47.3. The van der Waals surface area contributed by atoms with E-state index in [1.807, 2.05) is 0 Å². The molecular formula is C48H88O6. The molecule has 1 atom stereocenters. The Morgan fingerprint density at radius 1 is 0.370 bits per heavy atom. The average molecular weight is 761 g/mol. The Bertz CT molecular complexity index is 880. The molecule has 0 N–H and O–H groups in total. The van der Waals surface area contributed by atoms with Crippen LogP contribution in [0.5, 0.6) is 0 Å². The number of hydrogen-bond donors (Lipinski definition) is 0. The van der Waals surface area contributed by atoms with E-state index in [0.29, 0.717) is 19.3 Å². The Labute approximate surface area is 334 Å². The second kappa shape index (κ2) is 43.6. The Morgan fingerprint density at radius 3 is 1.04 bits per heavy atom. The van der Waals surface area contributed by atoms with Crippen molar-refractivity contribution in [2.24, 2.45) is 0 Å². The average Bonchev–Trinajstić information content (AvgIpc) is 3.17. The third kappa shape index (κ3) is 41.1. The van der Waals surface area contributed by atoms with Crippen molar-refractivity contribution in [2.45, 2.75) is 252 Å². The first-order chi connectivity index (χ1) is 26.5. The van der Waals surface area contributed by atoms with E-state index in [1.165, 1.54) is 128 Å². The lowest BCUT2D eigenvalue weighted by Crippen LogP contribution is -2.30. The molecule has 0 bridgehead atoms. The molecule has 0 fully saturated rings. The highest BCUT2D eigenvalue weighted by atomic mass is 16.6. The minimum atomic E-state index is -0.768. The number of hydrogen-bond acceptors (Lipinski definition) is 6. The second-order valence-electron chi connectivity index (χ2n) is 15.7. The summed E-state index contributed by atoms with van der Waals surface area (Å²) in [5.41, 5.74) is 0. The fourth-order valence-corrected chi connectivity index (χ4v) is 6.65. The van der Waals surface area contributed by atoms with E-state index in [1.54, 1.807) is 0 Å². The van der Waals surface area contributed by atoms with Gasteiger partial charge < -0.3 is 14.2 Å². The highest BCUT2D eigenvalue weighted by Crippen LogP contribution is 2.14. The van der Waals surface area contributed by atoms with Gasteiger partial charge in [0.25, 0.3) is 0 Å². The molecule has 6 nitrogen and oxygen atoms in total. The Balaban J connectivity index is 4.33. The van der Waals surface area contributed by atoms with Gasteiger partial charge >= 0.3 is 17.9 Å². The van der Waals surface area contributed by atoms with Crippen molar-refractivity contribution in [3.63, 3.8) is 0 Å². The molecule has 0 rings (SSSR count). The summed E-state index contributed by atoms with van der Waals surface area (Å²) in [7, 11) is 0. The minimum absolute atomic E-state index is 0.0720. The SMILES string of the molecule is CCCCCC/C=C\C/C=C\CCCCCCCC(=O)OCC(COC(=O)CCCCCCCCCCCC)OC(=O)CCCCCCCCCCCC. The number of rotatable bonds is 42. The summed E-state index contributed by atoms with van der Waals surface area (Å²) in [6, 6.07) is 0. The number of carbonyl (C=O) groups is 3. The fraction of sp³-hybridized carbons (Fsp3) is 0.854. The van der Waals surface area contributed by atoms with Crippen molar-refractivity contribution in [3.05, 3.63) is 24.3 Å². The first kappa shape index (κ1) is 51.9. The number of carbonyl (C=O) groups excluding carboxylic acids is 3. The maximum absolute atomic E-state index is 12.7. The lowest BCUT2D eigenvalue weighted by Gasteiger charge is -2.18. The first-order valence-electron chi connectivity index (χ1n) is 23.3. The molecule has 316 valence electrons. The van der Waals surface area contributed by atoms with Gasteiger partial charge in [-0.25, -0.2) is 0 Å². The van der Waals surface area contributed by atoms with Crippen LogP contribution in [0.3, 0.4) is 0 Å². The van der Waals surface area contributed by atoms with Gasteiger partial charge in [0.2, 0.25) is 0 Å². The van der Waals surface area contributed by atoms with E-state index in [4.69, 9.17) is 14.2 Å². The van der Waals surface area contributed by atoms with Crippen LogP contribution >= 0.6 is 0 Å². The summed E-state index contributed by atoms with van der Waals surface area (Å²) in [5, 5.41) is 0. The van der Waals surface area contributed by atoms with Crippen molar-refractivity contribution in [3.8, 4) is 0 Å². The molecular weight excluding hydrogens is 673 g/mol. The Hall–Kier alpha value is -2.11. The summed E-state index contributed by atoms with van der Waals surface area (Å²) < 4.78 is 16.7. The van der Waals surface area contributed by atoms with Crippen molar-refractivity contribution >= 4 is 17.9 Å². The second-order valence-corrected chi connectivity index (χ2v) is 15.7. The maximum atomic E-state index is 12.7. The van der Waals surface area contributed by atoms with Crippen molar-refractivity contribution in [1.29, 1.82) is 0 Å². The monoisotopic (exact) mass is 761 g/mol. The van der Waals surface area contributed by atoms with Gasteiger partial charge in [-0.15, -0.1) is 0 Å². The third-order valence-electron chi connectivity index (χ3n) is 10.2. The zero-order chi connectivity index (χ0) is 39.4. The van der Waals surface area contributed by atoms with Gasteiger partial charge in [0.1, 0.15) is 13.2 Å². The van der Waals surface area contributed by atoms with Gasteiger partial charge in [-0.1, -0.05) is 199 Å². The summed E-state index contributed by atoms with van der Waals surface area (Å²) in [4.78, 5) is 37.7. The largest absolute Gasteiger partial charge is 0.462 e. The zero-order valence-corrected chi connectivity index (χ0v) is 36.0. The van der Waals surface area contributed by atoms with Crippen LogP contribution in [0.2, 0.25) is 0 Å². The van der Waals surface area contributed by atoms with Crippen LogP contribution in [0, 0.1) is 0 Å². The predicted octanol–water partition coefficient (Wildman–Crippen LogP) is 14.8. The standard InChI is InChI=1S/C48H88O6/c1-4-7-10-13-16-19-22-23-24-25-26-27-30-32-35-38-41-47(50)53-44-45(54-48(51)42-39-36-33-29-21-18-15-12-9-6-3)43-52-46(49)40-37-34-31-28-20-17-14-11-8-5-2/h19,22,24-25,45H,4-18,20-21,23,26-44H2,1-3H3/b22-19-,25-24-. The van der Waals surface area contributed by atoms with Gasteiger partial charge in [0.05, 0.1) is 0 Å². The van der Waals surface area contributed by atoms with Crippen molar-refractivity contribution < 1.29 is 28.6 Å². The lowest BCUT2D eigenvalue weighted by molar-refractivity contribution is -0.167. The Morgan fingerprint density at radius 2 is 0.667 bits per heavy atom. The predicted molar refractivity (Wildman–Crippen MR) is 229 cm³/mol. The van der Waals surface area contributed by atoms with Gasteiger partial charge in [-0.2, -0.15) is 0 Å². The summed E-state index contributed by atoms with van der Waals surface area (Å²) in [6.45, 7) is 6.59. The van der Waals surface area contributed by atoms with Crippen molar-refractivity contribution in [1.82, 2.24) is 0 Å². The van der Waals surface area contributed by atoms with E-state index in [-0.39, 0.29) is 31.1 Å². The zero-order valence-electron chi connectivity index (χ0n) is 36.0. The minimum Gasteiger partial charge on any atom is -0.462 e. The van der Waals surface area contributed by atoms with E-state index in [2.05, 4.69) is 45.1 Å². The van der Waals surface area contributed by atoms with Gasteiger partial charge in [0, 0.05) is 19.3 Å². The van der Waals surface area contributed by atoms with Crippen LogP contribution in [0.25, 0.3) is 0 Å². The molecule has 0 aromatic carbocycles. The van der Waals surface area contributed by atoms with Crippen LogP contribution in [0.4, 0.5) is 0 Å². The molecule has 0 saturated carbocycles. The molecule has 0 spiro atoms. The molecule has 0 aliphatic carbocycles. The van der Waals surface area contributed by atoms with Gasteiger partial charge in [-0.3, -0.25) is 14.4 Å². The highest BCUT2D eigenvalue weighted by molar-refractivity contribution is 5.71. The van der Waals surface area contributed by atoms with E-state index < -0.39 is 6.10 Å². The van der Waals surface area contributed by atoms with Crippen LogP contribution in [-0.2, 0) is 28.6 Å². The molecule has 0 amide bonds. The molecule has 1 unspecified atom stereocenters. The normalized spacial score (nSPS) is 12.1. The van der Waals surface area contributed by atoms with Crippen LogP contribution in [0.1, 0.15) is 245 Å². The smallest absolute Gasteiger partial charge is 0.306 e. The molecule has 6 heteroatoms. The Kier molecular flexibility index (Phi) is 41.9. The maximum Gasteiger partial charge on any atom is 0.306 e. The summed E-state index contributed by atoms with van der Waals surface area (Å²) >= 11 is 0. The molecule has 0 saturated heterocycles. The topological polar surface area (TPSA) is 78.9 Å². The summed E-state index contributed by atoms with van der Waals surface area (Å²) in [5.74, 6) is -0.883. The number of unbranched alkanes of at least 4 members (excludes halogenated alkanes) is 27. The van der Waals surface area contributed by atoms with E-state index in [0.717, 1.165) is 77.0 Å². The molecule has 0 heterocycles. The fourth-order valence-electron chi connectivity index (χ4n) is 6.65. The van der Waals surface area contributed by atoms with Crippen molar-refractivity contribution in [2.75, 3.05) is 13.2 Å².